The minimum Gasteiger partial charge on any atom is -0.467 e. The Morgan fingerprint density at radius 2 is 1.90 bits per heavy atom. The number of carbonyl (C=O) groups excluding carboxylic acids is 1. The van der Waals surface area contributed by atoms with Gasteiger partial charge in [0.2, 0.25) is 5.89 Å². The van der Waals surface area contributed by atoms with Crippen molar-refractivity contribution in [3.63, 3.8) is 0 Å². The average molecular weight is 422 g/mol. The molecular weight excluding hydrogens is 398 g/mol. The fourth-order valence-corrected chi connectivity index (χ4v) is 4.10. The molecular formula is C23H23N3O3S. The first-order chi connectivity index (χ1) is 14.4. The molecule has 3 aromatic heterocycles. The zero-order valence-electron chi connectivity index (χ0n) is 17.4. The second-order valence-electron chi connectivity index (χ2n) is 7.31. The van der Waals surface area contributed by atoms with Crippen LogP contribution in [0.4, 0.5) is 0 Å². The van der Waals surface area contributed by atoms with Crippen molar-refractivity contribution in [1.82, 2.24) is 14.8 Å². The van der Waals surface area contributed by atoms with Crippen molar-refractivity contribution in [3.05, 3.63) is 77.0 Å². The Bertz CT molecular complexity index is 1160. The van der Waals surface area contributed by atoms with Crippen LogP contribution in [0.25, 0.3) is 11.5 Å². The third-order valence-electron chi connectivity index (χ3n) is 5.08. The number of aromatic nitrogens is 3. The van der Waals surface area contributed by atoms with Gasteiger partial charge in [-0.2, -0.15) is 0 Å². The maximum atomic E-state index is 13.1. The van der Waals surface area contributed by atoms with E-state index >= 15 is 0 Å². The Kier molecular flexibility index (Phi) is 5.63. The van der Waals surface area contributed by atoms with E-state index in [1.807, 2.05) is 70.2 Å². The molecule has 0 bridgehead atoms. The van der Waals surface area contributed by atoms with Gasteiger partial charge in [-0.1, -0.05) is 29.5 Å². The van der Waals surface area contributed by atoms with E-state index in [9.17, 15) is 4.79 Å². The van der Waals surface area contributed by atoms with E-state index in [0.717, 1.165) is 28.3 Å². The van der Waals surface area contributed by atoms with Gasteiger partial charge >= 0.3 is 0 Å². The number of aryl methyl sites for hydroxylation is 2. The van der Waals surface area contributed by atoms with Gasteiger partial charge in [-0.3, -0.25) is 4.79 Å². The highest BCUT2D eigenvalue weighted by molar-refractivity contribution is 8.00. The number of thioether (sulfide) groups is 1. The van der Waals surface area contributed by atoms with Crippen LogP contribution < -0.4 is 0 Å². The number of hydrogen-bond acceptors (Lipinski definition) is 6. The number of carbonyl (C=O) groups is 1. The lowest BCUT2D eigenvalue weighted by molar-refractivity contribution is 0.0993. The molecule has 0 saturated carbocycles. The van der Waals surface area contributed by atoms with E-state index in [1.54, 1.807) is 6.26 Å². The first-order valence-electron chi connectivity index (χ1n) is 9.73. The van der Waals surface area contributed by atoms with Crippen LogP contribution in [0.3, 0.4) is 0 Å². The van der Waals surface area contributed by atoms with E-state index in [2.05, 4.69) is 14.8 Å². The van der Waals surface area contributed by atoms with Crippen LogP contribution in [-0.4, -0.2) is 25.8 Å². The molecule has 7 heteroatoms. The lowest BCUT2D eigenvalue weighted by Gasteiger charge is -2.10. The first-order valence-corrected chi connectivity index (χ1v) is 10.6. The standard InChI is InChI=1S/C23H23N3O3S/c1-14-7-9-18(10-8-14)22-24-25-23(29-22)30-17(4)21(27)20-12-15(2)26(16(20)3)13-19-6-5-11-28-19/h5-12,17H,13H2,1-4H3/t17-/m1/s1. The van der Waals surface area contributed by atoms with Gasteiger partial charge in [0.25, 0.3) is 5.22 Å². The molecule has 3 heterocycles. The van der Waals surface area contributed by atoms with Crippen LogP contribution in [0, 0.1) is 20.8 Å². The fraction of sp³-hybridized carbons (Fsp3) is 0.261. The van der Waals surface area contributed by atoms with Gasteiger partial charge < -0.3 is 13.4 Å². The summed E-state index contributed by atoms with van der Waals surface area (Å²) in [4.78, 5) is 13.1. The largest absolute Gasteiger partial charge is 0.467 e. The van der Waals surface area contributed by atoms with Gasteiger partial charge in [0.15, 0.2) is 5.78 Å². The molecule has 1 atom stereocenters. The average Bonchev–Trinajstić information content (AvgIpc) is 3.46. The molecule has 0 aliphatic rings. The van der Waals surface area contributed by atoms with Crippen molar-refractivity contribution in [2.75, 3.05) is 0 Å². The summed E-state index contributed by atoms with van der Waals surface area (Å²) in [6.45, 7) is 8.45. The molecule has 0 N–H and O–H groups in total. The predicted molar refractivity (Wildman–Crippen MR) is 116 cm³/mol. The van der Waals surface area contributed by atoms with Crippen LogP contribution in [0.5, 0.6) is 0 Å². The highest BCUT2D eigenvalue weighted by atomic mass is 32.2. The van der Waals surface area contributed by atoms with Crippen molar-refractivity contribution >= 4 is 17.5 Å². The van der Waals surface area contributed by atoms with Crippen molar-refractivity contribution < 1.29 is 13.6 Å². The summed E-state index contributed by atoms with van der Waals surface area (Å²) in [6.07, 6.45) is 1.66. The lowest BCUT2D eigenvalue weighted by Crippen LogP contribution is -2.15. The van der Waals surface area contributed by atoms with Crippen LogP contribution >= 0.6 is 11.8 Å². The zero-order valence-corrected chi connectivity index (χ0v) is 18.2. The monoisotopic (exact) mass is 421 g/mol. The SMILES string of the molecule is Cc1ccc(-c2nnc(S[C@H](C)C(=O)c3cc(C)n(Cc4ccco4)c3C)o2)cc1. The van der Waals surface area contributed by atoms with Crippen molar-refractivity contribution in [2.45, 2.75) is 44.7 Å². The second kappa shape index (κ2) is 8.36. The Hall–Kier alpha value is -3.06. The molecule has 4 rings (SSSR count). The van der Waals surface area contributed by atoms with E-state index < -0.39 is 0 Å². The number of ketones is 1. The maximum absolute atomic E-state index is 13.1. The van der Waals surface area contributed by atoms with Gasteiger partial charge in [-0.05, 0) is 58.0 Å². The number of hydrogen-bond donors (Lipinski definition) is 0. The summed E-state index contributed by atoms with van der Waals surface area (Å²) in [5, 5.41) is 8.25. The number of benzene rings is 1. The quantitative estimate of drug-likeness (QED) is 0.291. The van der Waals surface area contributed by atoms with E-state index in [-0.39, 0.29) is 11.0 Å². The van der Waals surface area contributed by atoms with Crippen LogP contribution in [-0.2, 0) is 6.54 Å². The molecule has 0 aliphatic carbocycles. The minimum atomic E-state index is -0.353. The summed E-state index contributed by atoms with van der Waals surface area (Å²) < 4.78 is 13.3. The molecule has 0 saturated heterocycles. The fourth-order valence-electron chi connectivity index (χ4n) is 3.35. The Balaban J connectivity index is 1.48. The van der Waals surface area contributed by atoms with Gasteiger partial charge in [-0.25, -0.2) is 0 Å². The highest BCUT2D eigenvalue weighted by Gasteiger charge is 2.24. The first kappa shape index (κ1) is 20.2. The molecule has 6 nitrogen and oxygen atoms in total. The molecule has 0 radical (unpaired) electrons. The summed E-state index contributed by atoms with van der Waals surface area (Å²) in [5.41, 5.74) is 4.67. The van der Waals surface area contributed by atoms with E-state index in [0.29, 0.717) is 23.2 Å². The Labute approximate surface area is 179 Å². The molecule has 0 amide bonds. The van der Waals surface area contributed by atoms with Crippen molar-refractivity contribution in [3.8, 4) is 11.5 Å². The van der Waals surface area contributed by atoms with Gasteiger partial charge in [0.1, 0.15) is 5.76 Å². The number of rotatable bonds is 7. The Morgan fingerprint density at radius 1 is 1.13 bits per heavy atom. The molecule has 0 aliphatic heterocycles. The molecule has 1 aromatic carbocycles. The Morgan fingerprint density at radius 3 is 2.60 bits per heavy atom. The number of Topliss-reactive ketones (excluding diaryl/α,β-unsaturated/α-hetero) is 1. The third-order valence-corrected chi connectivity index (χ3v) is 6.02. The smallest absolute Gasteiger partial charge is 0.277 e. The van der Waals surface area contributed by atoms with Gasteiger partial charge in [0, 0.05) is 22.5 Å². The molecule has 0 spiro atoms. The van der Waals surface area contributed by atoms with Crippen molar-refractivity contribution in [2.24, 2.45) is 0 Å². The normalized spacial score (nSPS) is 12.3. The van der Waals surface area contributed by atoms with Crippen LogP contribution in [0.15, 0.2) is 62.8 Å². The minimum absolute atomic E-state index is 0.0360. The molecule has 4 aromatic rings. The second-order valence-corrected chi connectivity index (χ2v) is 8.61. The van der Waals surface area contributed by atoms with Gasteiger partial charge in [-0.15, -0.1) is 10.2 Å². The number of furan rings is 1. The summed E-state index contributed by atoms with van der Waals surface area (Å²) in [5.74, 6) is 1.34. The molecule has 0 unspecified atom stereocenters. The van der Waals surface area contributed by atoms with Crippen molar-refractivity contribution in [1.29, 1.82) is 0 Å². The zero-order chi connectivity index (χ0) is 21.3. The molecule has 154 valence electrons. The third kappa shape index (κ3) is 4.11. The van der Waals surface area contributed by atoms with Gasteiger partial charge in [0.05, 0.1) is 18.1 Å². The summed E-state index contributed by atoms with van der Waals surface area (Å²) in [6, 6.07) is 13.6. The predicted octanol–water partition coefficient (Wildman–Crippen LogP) is 5.47. The highest BCUT2D eigenvalue weighted by Crippen LogP contribution is 2.29. The van der Waals surface area contributed by atoms with Crippen LogP contribution in [0.1, 0.15) is 40.0 Å². The lowest BCUT2D eigenvalue weighted by atomic mass is 10.1. The van der Waals surface area contributed by atoms with Crippen LogP contribution in [0.2, 0.25) is 0 Å². The van der Waals surface area contributed by atoms with E-state index in [1.165, 1.54) is 11.8 Å². The summed E-state index contributed by atoms with van der Waals surface area (Å²) >= 11 is 1.28. The topological polar surface area (TPSA) is 74.1 Å². The molecule has 30 heavy (non-hydrogen) atoms. The molecule has 0 fully saturated rings. The number of nitrogens with zero attached hydrogens (tertiary/aromatic N) is 3. The van der Waals surface area contributed by atoms with E-state index in [4.69, 9.17) is 8.83 Å². The summed E-state index contributed by atoms with van der Waals surface area (Å²) in [7, 11) is 0. The maximum Gasteiger partial charge on any atom is 0.277 e.